The molecule has 0 aliphatic rings. The van der Waals surface area contributed by atoms with E-state index in [4.69, 9.17) is 22.1 Å². The van der Waals surface area contributed by atoms with E-state index >= 15 is 0 Å². The van der Waals surface area contributed by atoms with Crippen molar-refractivity contribution >= 4 is 17.5 Å². The van der Waals surface area contributed by atoms with Gasteiger partial charge < -0.3 is 15.8 Å². The van der Waals surface area contributed by atoms with Crippen molar-refractivity contribution in [2.24, 2.45) is 5.73 Å². The van der Waals surface area contributed by atoms with E-state index in [0.717, 1.165) is 12.8 Å². The van der Waals surface area contributed by atoms with Crippen LogP contribution in [0.25, 0.3) is 0 Å². The molecule has 1 aromatic rings. The van der Waals surface area contributed by atoms with Gasteiger partial charge in [-0.3, -0.25) is 4.79 Å². The van der Waals surface area contributed by atoms with E-state index in [-0.39, 0.29) is 18.1 Å². The van der Waals surface area contributed by atoms with Crippen molar-refractivity contribution in [2.75, 3.05) is 13.2 Å². The van der Waals surface area contributed by atoms with Crippen LogP contribution in [0.2, 0.25) is 5.02 Å². The van der Waals surface area contributed by atoms with Crippen LogP contribution in [0.4, 0.5) is 0 Å². The zero-order chi connectivity index (χ0) is 14.3. The number of ether oxygens (including phenoxy) is 1. The molecule has 0 aromatic heterocycles. The minimum absolute atomic E-state index is 0.0244. The summed E-state index contributed by atoms with van der Waals surface area (Å²) < 4.78 is 5.39. The Labute approximate surface area is 119 Å². The Morgan fingerprint density at radius 2 is 1.89 bits per heavy atom. The predicted octanol–water partition coefficient (Wildman–Crippen LogP) is 2.35. The molecule has 1 amide bonds. The second-order valence-electron chi connectivity index (χ2n) is 4.48. The van der Waals surface area contributed by atoms with Gasteiger partial charge in [-0.05, 0) is 37.1 Å². The maximum absolute atomic E-state index is 11.9. The standard InChI is InChI=1S/C14H21ClN2O2/c1-3-14(4-2,10-16)17-13(18)9-19-12-7-5-11(15)6-8-12/h5-8H,3-4,9-10,16H2,1-2H3,(H,17,18). The van der Waals surface area contributed by atoms with Crippen LogP contribution >= 0.6 is 11.6 Å². The second-order valence-corrected chi connectivity index (χ2v) is 4.92. The Morgan fingerprint density at radius 1 is 1.32 bits per heavy atom. The molecule has 0 fully saturated rings. The molecule has 106 valence electrons. The van der Waals surface area contributed by atoms with E-state index in [2.05, 4.69) is 5.32 Å². The number of hydrogen-bond acceptors (Lipinski definition) is 3. The minimum Gasteiger partial charge on any atom is -0.484 e. The zero-order valence-electron chi connectivity index (χ0n) is 11.4. The summed E-state index contributed by atoms with van der Waals surface area (Å²) in [5.41, 5.74) is 5.40. The van der Waals surface area contributed by atoms with Crippen molar-refractivity contribution in [1.82, 2.24) is 5.32 Å². The largest absolute Gasteiger partial charge is 0.484 e. The normalized spacial score (nSPS) is 11.2. The summed E-state index contributed by atoms with van der Waals surface area (Å²) in [5.74, 6) is 0.454. The monoisotopic (exact) mass is 284 g/mol. The average Bonchev–Trinajstić information content (AvgIpc) is 2.44. The van der Waals surface area contributed by atoms with Gasteiger partial charge in [0.25, 0.3) is 5.91 Å². The van der Waals surface area contributed by atoms with E-state index in [0.29, 0.717) is 17.3 Å². The third-order valence-electron chi connectivity index (χ3n) is 3.33. The van der Waals surface area contributed by atoms with Crippen molar-refractivity contribution in [1.29, 1.82) is 0 Å². The second kappa shape index (κ2) is 7.36. The van der Waals surface area contributed by atoms with Crippen molar-refractivity contribution in [3.05, 3.63) is 29.3 Å². The summed E-state index contributed by atoms with van der Waals surface area (Å²) in [4.78, 5) is 11.9. The van der Waals surface area contributed by atoms with Crippen molar-refractivity contribution < 1.29 is 9.53 Å². The van der Waals surface area contributed by atoms with Crippen molar-refractivity contribution in [2.45, 2.75) is 32.2 Å². The van der Waals surface area contributed by atoms with Crippen LogP contribution in [0.5, 0.6) is 5.75 Å². The van der Waals surface area contributed by atoms with Gasteiger partial charge in [-0.1, -0.05) is 25.4 Å². The van der Waals surface area contributed by atoms with Gasteiger partial charge in [-0.2, -0.15) is 0 Å². The Bertz CT molecular complexity index is 394. The number of carbonyl (C=O) groups excluding carboxylic acids is 1. The molecule has 0 atom stereocenters. The Balaban J connectivity index is 2.49. The first kappa shape index (κ1) is 15.8. The van der Waals surface area contributed by atoms with Gasteiger partial charge in [0, 0.05) is 11.6 Å². The number of rotatable bonds is 7. The molecule has 19 heavy (non-hydrogen) atoms. The average molecular weight is 285 g/mol. The molecule has 0 bridgehead atoms. The fourth-order valence-corrected chi connectivity index (χ4v) is 1.90. The molecule has 0 aliphatic carbocycles. The number of halogens is 1. The lowest BCUT2D eigenvalue weighted by Gasteiger charge is -2.31. The molecule has 1 aromatic carbocycles. The third kappa shape index (κ3) is 4.73. The zero-order valence-corrected chi connectivity index (χ0v) is 12.2. The van der Waals surface area contributed by atoms with Gasteiger partial charge in [-0.25, -0.2) is 0 Å². The number of amides is 1. The summed E-state index contributed by atoms with van der Waals surface area (Å²) in [5, 5.41) is 3.58. The van der Waals surface area contributed by atoms with E-state index in [1.54, 1.807) is 24.3 Å². The highest BCUT2D eigenvalue weighted by Crippen LogP contribution is 2.16. The van der Waals surface area contributed by atoms with Gasteiger partial charge in [0.2, 0.25) is 0 Å². The molecular weight excluding hydrogens is 264 g/mol. The number of nitrogens with one attached hydrogen (secondary N) is 1. The Kier molecular flexibility index (Phi) is 6.12. The summed E-state index contributed by atoms with van der Waals surface area (Å²) >= 11 is 5.77. The molecule has 0 aliphatic heterocycles. The lowest BCUT2D eigenvalue weighted by molar-refractivity contribution is -0.125. The quantitative estimate of drug-likeness (QED) is 0.808. The highest BCUT2D eigenvalue weighted by Gasteiger charge is 2.26. The van der Waals surface area contributed by atoms with E-state index < -0.39 is 0 Å². The van der Waals surface area contributed by atoms with Crippen LogP contribution in [0.1, 0.15) is 26.7 Å². The highest BCUT2D eigenvalue weighted by molar-refractivity contribution is 6.30. The van der Waals surface area contributed by atoms with E-state index in [1.807, 2.05) is 13.8 Å². The topological polar surface area (TPSA) is 64.3 Å². The molecule has 4 nitrogen and oxygen atoms in total. The maximum atomic E-state index is 11.9. The van der Waals surface area contributed by atoms with E-state index in [9.17, 15) is 4.79 Å². The number of hydrogen-bond donors (Lipinski definition) is 2. The minimum atomic E-state index is -0.333. The molecule has 1 rings (SSSR count). The first-order chi connectivity index (χ1) is 9.05. The van der Waals surface area contributed by atoms with Crippen LogP contribution in [-0.4, -0.2) is 24.6 Å². The molecule has 0 unspecified atom stereocenters. The van der Waals surface area contributed by atoms with Crippen LogP contribution in [0.15, 0.2) is 24.3 Å². The first-order valence-electron chi connectivity index (χ1n) is 6.44. The number of carbonyl (C=O) groups is 1. The lowest BCUT2D eigenvalue weighted by Crippen LogP contribution is -2.54. The Morgan fingerprint density at radius 3 is 2.37 bits per heavy atom. The van der Waals surface area contributed by atoms with Gasteiger partial charge in [-0.15, -0.1) is 0 Å². The molecule has 0 saturated heterocycles. The highest BCUT2D eigenvalue weighted by atomic mass is 35.5. The molecule has 0 heterocycles. The van der Waals surface area contributed by atoms with Crippen LogP contribution in [0, 0.1) is 0 Å². The summed E-state index contributed by atoms with van der Waals surface area (Å²) in [6.45, 7) is 4.42. The number of benzene rings is 1. The van der Waals surface area contributed by atoms with E-state index in [1.165, 1.54) is 0 Å². The summed E-state index contributed by atoms with van der Waals surface area (Å²) in [6, 6.07) is 6.89. The van der Waals surface area contributed by atoms with Crippen molar-refractivity contribution in [3.63, 3.8) is 0 Å². The number of nitrogens with two attached hydrogens (primary N) is 1. The lowest BCUT2D eigenvalue weighted by atomic mass is 9.93. The van der Waals surface area contributed by atoms with Crippen LogP contribution in [-0.2, 0) is 4.79 Å². The first-order valence-corrected chi connectivity index (χ1v) is 6.82. The SMILES string of the molecule is CCC(CC)(CN)NC(=O)COc1ccc(Cl)cc1. The summed E-state index contributed by atoms with van der Waals surface area (Å²) in [6.07, 6.45) is 1.60. The van der Waals surface area contributed by atoms with Crippen molar-refractivity contribution in [3.8, 4) is 5.75 Å². The fraction of sp³-hybridized carbons (Fsp3) is 0.500. The molecule has 0 spiro atoms. The maximum Gasteiger partial charge on any atom is 0.258 e. The van der Waals surface area contributed by atoms with Gasteiger partial charge in [0.15, 0.2) is 6.61 Å². The molecular formula is C14H21ClN2O2. The molecule has 0 radical (unpaired) electrons. The van der Waals surface area contributed by atoms with Gasteiger partial charge in [0.1, 0.15) is 5.75 Å². The predicted molar refractivity (Wildman–Crippen MR) is 77.5 cm³/mol. The summed E-state index contributed by atoms with van der Waals surface area (Å²) in [7, 11) is 0. The van der Waals surface area contributed by atoms with Crippen LogP contribution in [0.3, 0.4) is 0 Å². The van der Waals surface area contributed by atoms with Gasteiger partial charge >= 0.3 is 0 Å². The van der Waals surface area contributed by atoms with Crippen LogP contribution < -0.4 is 15.8 Å². The fourth-order valence-electron chi connectivity index (χ4n) is 1.78. The smallest absolute Gasteiger partial charge is 0.258 e. The third-order valence-corrected chi connectivity index (χ3v) is 3.58. The Hall–Kier alpha value is -1.26. The molecule has 5 heteroatoms. The molecule has 0 saturated carbocycles. The molecule has 3 N–H and O–H groups in total. The van der Waals surface area contributed by atoms with Gasteiger partial charge in [0.05, 0.1) is 5.54 Å².